The summed E-state index contributed by atoms with van der Waals surface area (Å²) in [4.78, 5) is 39.7. The van der Waals surface area contributed by atoms with Gasteiger partial charge in [-0.2, -0.15) is 0 Å². The third-order valence-electron chi connectivity index (χ3n) is 3.55. The van der Waals surface area contributed by atoms with Gasteiger partial charge in [-0.05, 0) is 31.5 Å². The molecule has 0 spiro atoms. The van der Waals surface area contributed by atoms with Crippen molar-refractivity contribution in [1.29, 1.82) is 0 Å². The molecule has 7 nitrogen and oxygen atoms in total. The van der Waals surface area contributed by atoms with Crippen LogP contribution < -0.4 is 10.9 Å². The number of ether oxygens (including phenoxy) is 1. The topological polar surface area (TPSA) is 90.3 Å². The normalized spacial score (nSPS) is 10.6. The standard InChI is InChI=1S/C17H20BrN3O4/c1-2-25-16(23)4-3-8-19-15(22)7-9-21-11-20-14-6-5-12(18)10-13(14)17(21)24/h5-6,10-11H,2-4,7-9H2,1H3,(H,19,22). The van der Waals surface area contributed by atoms with Crippen LogP contribution in [-0.2, 0) is 20.9 Å². The fraction of sp³-hybridized carbons (Fsp3) is 0.412. The van der Waals surface area contributed by atoms with E-state index in [9.17, 15) is 14.4 Å². The molecule has 134 valence electrons. The Bertz CT molecular complexity index is 819. The van der Waals surface area contributed by atoms with Gasteiger partial charge in [0, 0.05) is 30.4 Å². The van der Waals surface area contributed by atoms with Gasteiger partial charge in [-0.25, -0.2) is 4.98 Å². The lowest BCUT2D eigenvalue weighted by Crippen LogP contribution is -2.28. The highest BCUT2D eigenvalue weighted by Crippen LogP contribution is 2.14. The van der Waals surface area contributed by atoms with Crippen molar-refractivity contribution in [3.8, 4) is 0 Å². The highest BCUT2D eigenvalue weighted by molar-refractivity contribution is 9.10. The van der Waals surface area contributed by atoms with E-state index in [1.165, 1.54) is 10.9 Å². The van der Waals surface area contributed by atoms with Crippen LogP contribution in [0.4, 0.5) is 0 Å². The summed E-state index contributed by atoms with van der Waals surface area (Å²) >= 11 is 3.34. The quantitative estimate of drug-likeness (QED) is 0.531. The second kappa shape index (κ2) is 9.31. The first-order chi connectivity index (χ1) is 12.0. The first-order valence-electron chi connectivity index (χ1n) is 8.08. The van der Waals surface area contributed by atoms with Crippen molar-refractivity contribution < 1.29 is 14.3 Å². The minimum absolute atomic E-state index is 0.167. The summed E-state index contributed by atoms with van der Waals surface area (Å²) in [5.74, 6) is -0.443. The lowest BCUT2D eigenvalue weighted by atomic mass is 10.2. The summed E-state index contributed by atoms with van der Waals surface area (Å²) in [6.45, 7) is 2.76. The van der Waals surface area contributed by atoms with Gasteiger partial charge in [0.1, 0.15) is 0 Å². The summed E-state index contributed by atoms with van der Waals surface area (Å²) < 4.78 is 7.04. The number of carbonyl (C=O) groups is 2. The average molecular weight is 410 g/mol. The van der Waals surface area contributed by atoms with E-state index in [-0.39, 0.29) is 36.8 Å². The van der Waals surface area contributed by atoms with E-state index >= 15 is 0 Å². The van der Waals surface area contributed by atoms with E-state index in [1.54, 1.807) is 19.1 Å². The SMILES string of the molecule is CCOC(=O)CCCNC(=O)CCn1cnc2ccc(Br)cc2c1=O. The van der Waals surface area contributed by atoms with Gasteiger partial charge in [0.2, 0.25) is 5.91 Å². The maximum Gasteiger partial charge on any atom is 0.305 e. The number of nitrogens with one attached hydrogen (secondary N) is 1. The number of halogens is 1. The zero-order valence-corrected chi connectivity index (χ0v) is 15.5. The van der Waals surface area contributed by atoms with Gasteiger partial charge >= 0.3 is 5.97 Å². The van der Waals surface area contributed by atoms with Crippen molar-refractivity contribution in [2.75, 3.05) is 13.2 Å². The minimum atomic E-state index is -0.267. The molecular formula is C17H20BrN3O4. The molecule has 0 aliphatic carbocycles. The molecule has 1 aromatic heterocycles. The Labute approximate surface area is 153 Å². The molecule has 2 rings (SSSR count). The van der Waals surface area contributed by atoms with Crippen LogP contribution >= 0.6 is 15.9 Å². The number of amides is 1. The van der Waals surface area contributed by atoms with Crippen molar-refractivity contribution in [3.05, 3.63) is 39.4 Å². The van der Waals surface area contributed by atoms with Crippen LogP contribution in [0.15, 0.2) is 33.8 Å². The fourth-order valence-corrected chi connectivity index (χ4v) is 2.66. The lowest BCUT2D eigenvalue weighted by Gasteiger charge is -2.08. The predicted molar refractivity (Wildman–Crippen MR) is 97.2 cm³/mol. The monoisotopic (exact) mass is 409 g/mol. The molecule has 0 saturated carbocycles. The van der Waals surface area contributed by atoms with E-state index in [0.29, 0.717) is 30.5 Å². The number of aryl methyl sites for hydroxylation is 1. The van der Waals surface area contributed by atoms with Crippen molar-refractivity contribution in [3.63, 3.8) is 0 Å². The maximum atomic E-state index is 12.4. The van der Waals surface area contributed by atoms with Gasteiger partial charge in [0.25, 0.3) is 5.56 Å². The summed E-state index contributed by atoms with van der Waals surface area (Å²) in [5.41, 5.74) is 0.439. The van der Waals surface area contributed by atoms with Gasteiger partial charge in [-0.15, -0.1) is 0 Å². The number of rotatable bonds is 8. The fourth-order valence-electron chi connectivity index (χ4n) is 2.29. The van der Waals surface area contributed by atoms with Crippen molar-refractivity contribution in [1.82, 2.24) is 14.9 Å². The van der Waals surface area contributed by atoms with Crippen LogP contribution in [0, 0.1) is 0 Å². The Kier molecular flexibility index (Phi) is 7.12. The molecule has 0 aliphatic heterocycles. The second-order valence-electron chi connectivity index (χ2n) is 5.41. The van der Waals surface area contributed by atoms with E-state index in [2.05, 4.69) is 26.2 Å². The first-order valence-corrected chi connectivity index (χ1v) is 8.87. The molecule has 1 amide bonds. The largest absolute Gasteiger partial charge is 0.466 e. The lowest BCUT2D eigenvalue weighted by molar-refractivity contribution is -0.143. The van der Waals surface area contributed by atoms with Gasteiger partial charge < -0.3 is 10.1 Å². The van der Waals surface area contributed by atoms with Gasteiger partial charge in [0.05, 0.1) is 23.8 Å². The molecule has 0 unspecified atom stereocenters. The van der Waals surface area contributed by atoms with E-state index < -0.39 is 0 Å². The highest BCUT2D eigenvalue weighted by Gasteiger charge is 2.07. The van der Waals surface area contributed by atoms with Crippen molar-refractivity contribution >= 4 is 38.7 Å². The summed E-state index contributed by atoms with van der Waals surface area (Å²) in [6.07, 6.45) is 2.42. The third-order valence-corrected chi connectivity index (χ3v) is 4.04. The van der Waals surface area contributed by atoms with E-state index in [4.69, 9.17) is 4.74 Å². The molecule has 25 heavy (non-hydrogen) atoms. The van der Waals surface area contributed by atoms with Crippen LogP contribution in [0.5, 0.6) is 0 Å². The van der Waals surface area contributed by atoms with Gasteiger partial charge in [-0.1, -0.05) is 15.9 Å². The number of aromatic nitrogens is 2. The van der Waals surface area contributed by atoms with Crippen LogP contribution in [0.2, 0.25) is 0 Å². The molecule has 0 radical (unpaired) electrons. The molecule has 8 heteroatoms. The minimum Gasteiger partial charge on any atom is -0.466 e. The molecule has 0 fully saturated rings. The molecule has 1 N–H and O–H groups in total. The molecule has 2 aromatic rings. The van der Waals surface area contributed by atoms with Crippen LogP contribution in [0.3, 0.4) is 0 Å². The summed E-state index contributed by atoms with van der Waals surface area (Å²) in [6, 6.07) is 5.31. The maximum absolute atomic E-state index is 12.4. The average Bonchev–Trinajstić information content (AvgIpc) is 2.59. The molecule has 0 aliphatic rings. The molecule has 0 bridgehead atoms. The smallest absolute Gasteiger partial charge is 0.305 e. The van der Waals surface area contributed by atoms with Gasteiger partial charge in [-0.3, -0.25) is 19.0 Å². The number of esters is 1. The molecular weight excluding hydrogens is 390 g/mol. The number of nitrogens with zero attached hydrogens (tertiary/aromatic N) is 2. The third kappa shape index (κ3) is 5.67. The summed E-state index contributed by atoms with van der Waals surface area (Å²) in [7, 11) is 0. The number of carbonyl (C=O) groups excluding carboxylic acids is 2. The van der Waals surface area contributed by atoms with Crippen LogP contribution in [-0.4, -0.2) is 34.6 Å². The van der Waals surface area contributed by atoms with Gasteiger partial charge in [0.15, 0.2) is 0 Å². The van der Waals surface area contributed by atoms with Crippen LogP contribution in [0.1, 0.15) is 26.2 Å². The Morgan fingerprint density at radius 2 is 2.12 bits per heavy atom. The molecule has 0 saturated heterocycles. The molecule has 0 atom stereocenters. The van der Waals surface area contributed by atoms with E-state index in [1.807, 2.05) is 6.07 Å². The summed E-state index contributed by atoms with van der Waals surface area (Å²) in [5, 5.41) is 3.23. The number of benzene rings is 1. The number of fused-ring (bicyclic) bond motifs is 1. The van der Waals surface area contributed by atoms with Crippen molar-refractivity contribution in [2.45, 2.75) is 32.7 Å². The first kappa shape index (κ1) is 19.1. The zero-order valence-electron chi connectivity index (χ0n) is 14.0. The predicted octanol–water partition coefficient (Wildman–Crippen LogP) is 2.01. The Morgan fingerprint density at radius 1 is 1.32 bits per heavy atom. The Hall–Kier alpha value is -2.22. The number of hydrogen-bond acceptors (Lipinski definition) is 5. The highest BCUT2D eigenvalue weighted by atomic mass is 79.9. The second-order valence-corrected chi connectivity index (χ2v) is 6.33. The van der Waals surface area contributed by atoms with Crippen LogP contribution in [0.25, 0.3) is 10.9 Å². The molecule has 1 aromatic carbocycles. The van der Waals surface area contributed by atoms with Crippen molar-refractivity contribution in [2.24, 2.45) is 0 Å². The Morgan fingerprint density at radius 3 is 2.88 bits per heavy atom. The Balaban J connectivity index is 1.84. The van der Waals surface area contributed by atoms with E-state index in [0.717, 1.165) is 4.47 Å². The molecule has 1 heterocycles. The zero-order chi connectivity index (χ0) is 18.2. The number of hydrogen-bond donors (Lipinski definition) is 1.